The summed E-state index contributed by atoms with van der Waals surface area (Å²) >= 11 is 0. The first-order chi connectivity index (χ1) is 18.8. The highest BCUT2D eigenvalue weighted by Gasteiger charge is 2.70. The molecule has 0 fully saturated rings. The molecule has 8 nitrogen and oxygen atoms in total. The van der Waals surface area contributed by atoms with E-state index >= 15 is 0 Å². The zero-order chi connectivity index (χ0) is 24.5. The molecular weight excluding hydrogens is 476 g/mol. The summed E-state index contributed by atoms with van der Waals surface area (Å²) in [6.07, 6.45) is 4.03. The number of benzene rings is 3. The lowest BCUT2D eigenvalue weighted by Gasteiger charge is -2.34. The Morgan fingerprint density at radius 1 is 0.816 bits per heavy atom. The first-order valence-electron chi connectivity index (χ1n) is 12.7. The molecule has 1 unspecified atom stereocenters. The normalized spacial score (nSPS) is 18.1. The summed E-state index contributed by atoms with van der Waals surface area (Å²) in [5.41, 5.74) is 9.58. The molecule has 0 radical (unpaired) electrons. The van der Waals surface area contributed by atoms with Crippen molar-refractivity contribution >= 4 is 44.5 Å². The van der Waals surface area contributed by atoms with Gasteiger partial charge in [-0.25, -0.2) is 4.57 Å². The van der Waals surface area contributed by atoms with E-state index in [0.29, 0.717) is 4.70 Å². The van der Waals surface area contributed by atoms with Crippen molar-refractivity contribution in [1.82, 2.24) is 18.8 Å². The molecule has 4 aliphatic rings. The predicted molar refractivity (Wildman–Crippen MR) is 140 cm³/mol. The van der Waals surface area contributed by atoms with Gasteiger partial charge in [-0.2, -0.15) is 4.57 Å². The van der Waals surface area contributed by atoms with E-state index in [1.54, 1.807) is 0 Å². The van der Waals surface area contributed by atoms with Gasteiger partial charge in [-0.15, -0.1) is 0 Å². The molecule has 0 N–H and O–H groups in total. The fourth-order valence-electron chi connectivity index (χ4n) is 7.46. The number of para-hydroxylation sites is 3. The number of aromatic nitrogens is 5. The monoisotopic (exact) mass is 493 g/mol. The fourth-order valence-corrected chi connectivity index (χ4v) is 7.46. The smallest absolute Gasteiger partial charge is 0.352 e. The first-order valence-corrected chi connectivity index (χ1v) is 12.7. The Morgan fingerprint density at radius 3 is 2.66 bits per heavy atom. The minimum absolute atomic E-state index is 0.313. The Labute approximate surface area is 214 Å². The van der Waals surface area contributed by atoms with Crippen LogP contribution in [0.25, 0.3) is 50.2 Å². The van der Waals surface area contributed by atoms with Gasteiger partial charge in [-0.05, 0) is 53.2 Å². The van der Waals surface area contributed by atoms with E-state index in [1.165, 1.54) is 5.52 Å². The molecule has 8 heteroatoms. The van der Waals surface area contributed by atoms with Crippen LogP contribution in [0.1, 0.15) is 0 Å². The molecule has 0 saturated carbocycles. The van der Waals surface area contributed by atoms with Crippen molar-refractivity contribution in [2.45, 2.75) is 0 Å². The highest BCUT2D eigenvalue weighted by atomic mass is 16.5. The summed E-state index contributed by atoms with van der Waals surface area (Å²) in [5.74, 6) is 4.42. The van der Waals surface area contributed by atoms with E-state index in [9.17, 15) is 0 Å². The molecule has 0 saturated heterocycles. The lowest BCUT2D eigenvalue weighted by Crippen LogP contribution is -2.84. The number of aryl methyl sites for hydroxylation is 1. The minimum Gasteiger partial charge on any atom is -0.448 e. The standard InChI is InChI=1S/C30H17N6O2/c1-32-18-8-2-3-9-19(18)35-29(32)17-6-4-10-22-27(17)36(35)28-23(38-22)12-11-20-26(28)34-25-21(37-20)13-14-31-24(25)16-7-5-15-33(36)30(16)34/h2-15H,1H3/q+3. The van der Waals surface area contributed by atoms with Crippen LogP contribution in [0.5, 0.6) is 23.0 Å². The maximum atomic E-state index is 6.70. The number of hydrogen-bond donors (Lipinski definition) is 0. The molecular formula is C30H17N6O2+3. The zero-order valence-electron chi connectivity index (χ0n) is 20.1. The Bertz CT molecular complexity index is 2330. The van der Waals surface area contributed by atoms with Crippen LogP contribution in [0.4, 0.5) is 11.4 Å². The van der Waals surface area contributed by atoms with Gasteiger partial charge < -0.3 is 9.47 Å². The summed E-state index contributed by atoms with van der Waals surface area (Å²) in [6, 6.07) is 25.3. The third-order valence-electron chi connectivity index (χ3n) is 8.72. The lowest BCUT2D eigenvalue weighted by molar-refractivity contribution is -1.01. The number of nitrogens with zero attached hydrogens (tertiary/aromatic N) is 6. The average Bonchev–Trinajstić information content (AvgIpc) is 3.57. The molecule has 176 valence electrons. The van der Waals surface area contributed by atoms with E-state index in [1.807, 2.05) is 24.4 Å². The van der Waals surface area contributed by atoms with Crippen molar-refractivity contribution in [1.29, 1.82) is 0 Å². The Hall–Kier alpha value is -5.21. The second kappa shape index (κ2) is 5.39. The predicted octanol–water partition coefficient (Wildman–Crippen LogP) is 5.32. The van der Waals surface area contributed by atoms with Crippen LogP contribution in [0.2, 0.25) is 0 Å². The number of imidazole rings is 1. The van der Waals surface area contributed by atoms with Crippen molar-refractivity contribution in [3.63, 3.8) is 0 Å². The van der Waals surface area contributed by atoms with Gasteiger partial charge in [0.25, 0.3) is 5.69 Å². The van der Waals surface area contributed by atoms with Crippen LogP contribution in [0.15, 0.2) is 85.2 Å². The quantitative estimate of drug-likeness (QED) is 0.212. The van der Waals surface area contributed by atoms with Crippen LogP contribution >= 0.6 is 0 Å². The van der Waals surface area contributed by atoms with Crippen molar-refractivity contribution in [3.05, 3.63) is 85.2 Å². The van der Waals surface area contributed by atoms with E-state index in [0.717, 1.165) is 79.0 Å². The van der Waals surface area contributed by atoms with Gasteiger partial charge in [0, 0.05) is 16.9 Å². The molecule has 3 aromatic carbocycles. The average molecular weight is 494 g/mol. The van der Waals surface area contributed by atoms with Crippen LogP contribution in [0, 0.1) is 0 Å². The highest BCUT2D eigenvalue weighted by Crippen LogP contribution is 2.62. The third kappa shape index (κ3) is 1.55. The summed E-state index contributed by atoms with van der Waals surface area (Å²) in [4.78, 5) is 4.84. The van der Waals surface area contributed by atoms with E-state index in [2.05, 4.69) is 86.3 Å². The van der Waals surface area contributed by atoms with Crippen LogP contribution in [-0.2, 0) is 7.05 Å². The molecule has 1 spiro atoms. The number of rotatable bonds is 0. The van der Waals surface area contributed by atoms with Crippen molar-refractivity contribution in [2.24, 2.45) is 7.05 Å². The topological polar surface area (TPSA) is 49.0 Å². The molecule has 7 aromatic rings. The van der Waals surface area contributed by atoms with Crippen LogP contribution in [0.3, 0.4) is 0 Å². The molecule has 1 atom stereocenters. The SMILES string of the molecule is Cn1c2[n+](c3ccccc31)[N+]13c4c(cccc4-2)Oc2ccc4c(c21)-n1c2c(ccnc2c2ccc[n+]3c21)O4. The second-order valence-electron chi connectivity index (χ2n) is 10.3. The van der Waals surface area contributed by atoms with Gasteiger partial charge in [0.1, 0.15) is 16.5 Å². The van der Waals surface area contributed by atoms with E-state index < -0.39 is 0 Å². The van der Waals surface area contributed by atoms with Crippen LogP contribution in [-0.4, -0.2) is 14.1 Å². The molecule has 0 amide bonds. The van der Waals surface area contributed by atoms with E-state index in [-0.39, 0.29) is 0 Å². The van der Waals surface area contributed by atoms with Gasteiger partial charge in [-0.3, -0.25) is 4.98 Å². The summed E-state index contributed by atoms with van der Waals surface area (Å²) < 4.78 is 23.1. The van der Waals surface area contributed by atoms with Crippen molar-refractivity contribution in [3.8, 4) is 40.1 Å². The number of fused-ring (bicyclic) bond motifs is 5. The summed E-state index contributed by atoms with van der Waals surface area (Å²) in [7, 11) is 2.15. The maximum Gasteiger partial charge on any atom is 0.352 e. The zero-order valence-corrected chi connectivity index (χ0v) is 20.1. The number of quaternary nitrogens is 1. The highest BCUT2D eigenvalue weighted by molar-refractivity contribution is 6.09. The minimum atomic E-state index is 0.313. The molecule has 0 bridgehead atoms. The summed E-state index contributed by atoms with van der Waals surface area (Å²) in [6.45, 7) is 0. The molecule has 4 aliphatic heterocycles. The van der Waals surface area contributed by atoms with E-state index in [4.69, 9.17) is 14.5 Å². The molecule has 4 aromatic heterocycles. The van der Waals surface area contributed by atoms with Crippen molar-refractivity contribution in [2.75, 3.05) is 0 Å². The number of hydrogen-bond acceptors (Lipinski definition) is 3. The first kappa shape index (κ1) is 18.1. The molecule has 0 aliphatic carbocycles. The van der Waals surface area contributed by atoms with Crippen LogP contribution < -0.4 is 23.5 Å². The molecule has 8 heterocycles. The van der Waals surface area contributed by atoms with Gasteiger partial charge in [0.05, 0.1) is 11.7 Å². The Morgan fingerprint density at radius 2 is 1.68 bits per heavy atom. The number of ether oxygens (including phenoxy) is 2. The molecule has 11 rings (SSSR count). The van der Waals surface area contributed by atoms with Gasteiger partial charge >= 0.3 is 17.2 Å². The largest absolute Gasteiger partial charge is 0.448 e. The second-order valence-corrected chi connectivity index (χ2v) is 10.3. The Kier molecular flexibility index (Phi) is 2.57. The number of pyridine rings is 2. The fraction of sp³-hybridized carbons (Fsp3) is 0.0333. The van der Waals surface area contributed by atoms with Gasteiger partial charge in [-0.1, -0.05) is 18.2 Å². The Balaban J connectivity index is 1.52. The van der Waals surface area contributed by atoms with Crippen molar-refractivity contribution < 1.29 is 18.8 Å². The third-order valence-corrected chi connectivity index (χ3v) is 8.72. The summed E-state index contributed by atoms with van der Waals surface area (Å²) in [5, 5.41) is 1.09. The van der Waals surface area contributed by atoms with Gasteiger partial charge in [0.2, 0.25) is 22.5 Å². The molecule has 38 heavy (non-hydrogen) atoms. The maximum absolute atomic E-state index is 6.70. The lowest BCUT2D eigenvalue weighted by atomic mass is 10.1. The van der Waals surface area contributed by atoms with Gasteiger partial charge in [0.15, 0.2) is 29.0 Å².